The first-order chi connectivity index (χ1) is 12.1. The molecule has 2 aromatic heterocycles. The van der Waals surface area contributed by atoms with E-state index in [9.17, 15) is 14.0 Å². The van der Waals surface area contributed by atoms with Gasteiger partial charge in [0.05, 0.1) is 12.1 Å². The number of aromatic nitrogens is 3. The molecule has 25 heavy (non-hydrogen) atoms. The van der Waals surface area contributed by atoms with Crippen LogP contribution in [-0.2, 0) is 11.3 Å². The molecule has 1 aromatic carbocycles. The van der Waals surface area contributed by atoms with Gasteiger partial charge in [-0.1, -0.05) is 23.4 Å². The van der Waals surface area contributed by atoms with Crippen molar-refractivity contribution in [2.45, 2.75) is 6.54 Å². The fourth-order valence-corrected chi connectivity index (χ4v) is 2.03. The number of rotatable bonds is 5. The minimum Gasteiger partial charge on any atom is -0.343 e. The monoisotopic (exact) mass is 340 g/mol. The molecular weight excluding hydrogens is 327 g/mol. The lowest BCUT2D eigenvalue weighted by atomic mass is 10.2. The van der Waals surface area contributed by atoms with Crippen LogP contribution >= 0.6 is 0 Å². The SMILES string of the molecule is O=C(/C=C\c1ccccc1F)NCc1nc(-c2ccc[nH]c2=O)no1. The fourth-order valence-electron chi connectivity index (χ4n) is 2.03. The van der Waals surface area contributed by atoms with E-state index in [-0.39, 0.29) is 29.4 Å². The van der Waals surface area contributed by atoms with E-state index in [0.29, 0.717) is 5.56 Å². The van der Waals surface area contributed by atoms with Crippen LogP contribution in [0.1, 0.15) is 11.5 Å². The maximum Gasteiger partial charge on any atom is 0.259 e. The maximum absolute atomic E-state index is 13.4. The predicted molar refractivity (Wildman–Crippen MR) is 87.6 cm³/mol. The molecule has 1 amide bonds. The minimum atomic E-state index is -0.444. The molecule has 0 saturated heterocycles. The molecule has 2 N–H and O–H groups in total. The van der Waals surface area contributed by atoms with Crippen LogP contribution in [0.15, 0.2) is 58.0 Å². The Morgan fingerprint density at radius 3 is 2.92 bits per heavy atom. The molecular formula is C17H13FN4O3. The van der Waals surface area contributed by atoms with E-state index in [4.69, 9.17) is 4.52 Å². The van der Waals surface area contributed by atoms with Crippen LogP contribution < -0.4 is 10.9 Å². The first kappa shape index (κ1) is 16.3. The van der Waals surface area contributed by atoms with Gasteiger partial charge in [0, 0.05) is 17.8 Å². The van der Waals surface area contributed by atoms with Crippen LogP contribution in [0.3, 0.4) is 0 Å². The summed E-state index contributed by atoms with van der Waals surface area (Å²) in [6, 6.07) is 9.30. The van der Waals surface area contributed by atoms with Crippen molar-refractivity contribution in [1.29, 1.82) is 0 Å². The summed E-state index contributed by atoms with van der Waals surface area (Å²) in [7, 11) is 0. The van der Waals surface area contributed by atoms with Gasteiger partial charge >= 0.3 is 0 Å². The number of pyridine rings is 1. The molecule has 126 valence electrons. The van der Waals surface area contributed by atoms with Gasteiger partial charge in [0.1, 0.15) is 5.82 Å². The molecule has 0 aliphatic carbocycles. The van der Waals surface area contributed by atoms with Crippen molar-refractivity contribution >= 4 is 12.0 Å². The Balaban J connectivity index is 1.61. The number of nitrogens with zero attached hydrogens (tertiary/aromatic N) is 2. The number of halogens is 1. The summed E-state index contributed by atoms with van der Waals surface area (Å²) in [5.74, 6) is -0.583. The van der Waals surface area contributed by atoms with E-state index in [1.807, 2.05) is 0 Å². The number of carbonyl (C=O) groups excluding carboxylic acids is 1. The van der Waals surface area contributed by atoms with Crippen molar-refractivity contribution in [3.8, 4) is 11.4 Å². The van der Waals surface area contributed by atoms with Crippen LogP contribution in [0.25, 0.3) is 17.5 Å². The Bertz CT molecular complexity index is 978. The van der Waals surface area contributed by atoms with Crippen LogP contribution in [-0.4, -0.2) is 21.0 Å². The predicted octanol–water partition coefficient (Wildman–Crippen LogP) is 1.89. The Labute approximate surface area is 141 Å². The third-order valence-electron chi connectivity index (χ3n) is 3.26. The van der Waals surface area contributed by atoms with Crippen molar-refractivity contribution in [2.75, 3.05) is 0 Å². The second kappa shape index (κ2) is 7.35. The first-order valence-corrected chi connectivity index (χ1v) is 7.34. The molecule has 0 aliphatic heterocycles. The number of benzene rings is 1. The van der Waals surface area contributed by atoms with Crippen LogP contribution in [0.2, 0.25) is 0 Å². The highest BCUT2D eigenvalue weighted by Gasteiger charge is 2.11. The van der Waals surface area contributed by atoms with Gasteiger partial charge in [-0.3, -0.25) is 9.59 Å². The number of amides is 1. The Morgan fingerprint density at radius 2 is 2.12 bits per heavy atom. The summed E-state index contributed by atoms with van der Waals surface area (Å²) >= 11 is 0. The van der Waals surface area contributed by atoms with Gasteiger partial charge in [0.15, 0.2) is 0 Å². The highest BCUT2D eigenvalue weighted by Crippen LogP contribution is 2.10. The maximum atomic E-state index is 13.4. The largest absolute Gasteiger partial charge is 0.343 e. The molecule has 0 saturated carbocycles. The third kappa shape index (κ3) is 4.05. The number of aromatic amines is 1. The molecule has 2 heterocycles. The van der Waals surface area contributed by atoms with Gasteiger partial charge < -0.3 is 14.8 Å². The van der Waals surface area contributed by atoms with Gasteiger partial charge in [-0.25, -0.2) is 4.39 Å². The minimum absolute atomic E-state index is 0.0157. The smallest absolute Gasteiger partial charge is 0.259 e. The normalized spacial score (nSPS) is 10.9. The number of nitrogens with one attached hydrogen (secondary N) is 2. The van der Waals surface area contributed by atoms with Gasteiger partial charge in [-0.05, 0) is 24.3 Å². The molecule has 0 unspecified atom stereocenters. The van der Waals surface area contributed by atoms with Gasteiger partial charge in [0.2, 0.25) is 17.6 Å². The summed E-state index contributed by atoms with van der Waals surface area (Å²) in [5.41, 5.74) is 0.232. The average Bonchev–Trinajstić information content (AvgIpc) is 3.08. The topological polar surface area (TPSA) is 101 Å². The van der Waals surface area contributed by atoms with Crippen molar-refractivity contribution < 1.29 is 13.7 Å². The van der Waals surface area contributed by atoms with Crippen LogP contribution in [0.5, 0.6) is 0 Å². The van der Waals surface area contributed by atoms with Gasteiger partial charge in [0.25, 0.3) is 5.56 Å². The molecule has 0 atom stereocenters. The fraction of sp³-hybridized carbons (Fsp3) is 0.0588. The number of carbonyl (C=O) groups is 1. The Kier molecular flexibility index (Phi) is 4.79. The summed E-state index contributed by atoms with van der Waals surface area (Å²) in [4.78, 5) is 30.0. The zero-order chi connectivity index (χ0) is 17.6. The molecule has 0 spiro atoms. The Morgan fingerprint density at radius 1 is 1.28 bits per heavy atom. The highest BCUT2D eigenvalue weighted by molar-refractivity contribution is 5.91. The lowest BCUT2D eigenvalue weighted by Crippen LogP contribution is -2.20. The zero-order valence-electron chi connectivity index (χ0n) is 12.9. The number of hydrogen-bond donors (Lipinski definition) is 2. The van der Waals surface area contributed by atoms with Crippen molar-refractivity contribution in [1.82, 2.24) is 20.4 Å². The van der Waals surface area contributed by atoms with Crippen LogP contribution in [0, 0.1) is 5.82 Å². The van der Waals surface area contributed by atoms with Gasteiger partial charge in [-0.2, -0.15) is 4.98 Å². The standard InChI is InChI=1S/C17H13FN4O3/c18-13-6-2-1-4-11(13)7-8-14(23)20-10-15-21-16(22-25-15)12-5-3-9-19-17(12)24/h1-9H,10H2,(H,19,24)(H,20,23)/b8-7-. The molecule has 3 rings (SSSR count). The molecule has 0 bridgehead atoms. The van der Waals surface area contributed by atoms with E-state index >= 15 is 0 Å². The van der Waals surface area contributed by atoms with Crippen LogP contribution in [0.4, 0.5) is 4.39 Å². The van der Waals surface area contributed by atoms with Crippen molar-refractivity contribution in [2.24, 2.45) is 0 Å². The second-order valence-electron chi connectivity index (χ2n) is 5.00. The number of H-pyrrole nitrogens is 1. The molecule has 0 radical (unpaired) electrons. The van der Waals surface area contributed by atoms with E-state index in [2.05, 4.69) is 20.4 Å². The Hall–Kier alpha value is -3.55. The second-order valence-corrected chi connectivity index (χ2v) is 5.00. The quantitative estimate of drug-likeness (QED) is 0.691. The highest BCUT2D eigenvalue weighted by atomic mass is 19.1. The summed E-state index contributed by atoms with van der Waals surface area (Å²) in [6.07, 6.45) is 4.07. The molecule has 7 nitrogen and oxygen atoms in total. The van der Waals surface area contributed by atoms with E-state index in [1.54, 1.807) is 30.3 Å². The van der Waals surface area contributed by atoms with Gasteiger partial charge in [-0.15, -0.1) is 0 Å². The summed E-state index contributed by atoms with van der Waals surface area (Å²) < 4.78 is 18.4. The average molecular weight is 340 g/mol. The lowest BCUT2D eigenvalue weighted by Gasteiger charge is -1.98. The zero-order valence-corrected chi connectivity index (χ0v) is 12.9. The van der Waals surface area contributed by atoms with Crippen molar-refractivity contribution in [3.05, 3.63) is 76.3 Å². The van der Waals surface area contributed by atoms with Crippen molar-refractivity contribution in [3.63, 3.8) is 0 Å². The third-order valence-corrected chi connectivity index (χ3v) is 3.26. The number of hydrogen-bond acceptors (Lipinski definition) is 5. The summed E-state index contributed by atoms with van der Waals surface area (Å²) in [5, 5.41) is 6.24. The van der Waals surface area contributed by atoms with E-state index in [1.165, 1.54) is 24.4 Å². The van der Waals surface area contributed by atoms with E-state index < -0.39 is 11.7 Å². The molecule has 8 heteroatoms. The van der Waals surface area contributed by atoms with E-state index in [0.717, 1.165) is 0 Å². The molecule has 0 aliphatic rings. The molecule has 3 aromatic rings. The summed E-state index contributed by atoms with van der Waals surface area (Å²) in [6.45, 7) is -0.0157. The first-order valence-electron chi connectivity index (χ1n) is 7.34. The molecule has 0 fully saturated rings. The lowest BCUT2D eigenvalue weighted by molar-refractivity contribution is -0.116.